The highest BCUT2D eigenvalue weighted by atomic mass is 16.2. The van der Waals surface area contributed by atoms with Crippen molar-refractivity contribution in [1.82, 2.24) is 10.6 Å². The first-order valence-corrected chi connectivity index (χ1v) is 6.96. The fourth-order valence-corrected chi connectivity index (χ4v) is 1.89. The van der Waals surface area contributed by atoms with Gasteiger partial charge in [-0.3, -0.25) is 9.59 Å². The highest BCUT2D eigenvalue weighted by Gasteiger charge is 2.25. The average molecular weight is 275 g/mol. The Balaban J connectivity index is 2.05. The lowest BCUT2D eigenvalue weighted by atomic mass is 10.0. The number of carbonyl (C=O) groups excluding carboxylic acids is 2. The van der Waals surface area contributed by atoms with Gasteiger partial charge in [-0.15, -0.1) is 0 Å². The Morgan fingerprint density at radius 2 is 2.00 bits per heavy atom. The average Bonchev–Trinajstić information content (AvgIpc) is 2.34. The van der Waals surface area contributed by atoms with E-state index in [9.17, 15) is 9.59 Å². The molecule has 1 aromatic rings. The van der Waals surface area contributed by atoms with Gasteiger partial charge in [-0.2, -0.15) is 0 Å². The fourth-order valence-electron chi connectivity index (χ4n) is 1.89. The van der Waals surface area contributed by atoms with E-state index in [2.05, 4.69) is 16.0 Å². The summed E-state index contributed by atoms with van der Waals surface area (Å²) in [4.78, 5) is 24.1. The summed E-state index contributed by atoms with van der Waals surface area (Å²) in [7, 11) is 0. The van der Waals surface area contributed by atoms with E-state index in [1.807, 2.05) is 19.9 Å². The number of nitrogens with one attached hydrogen (secondary N) is 3. The number of carbonyl (C=O) groups is 2. The van der Waals surface area contributed by atoms with Gasteiger partial charge >= 0.3 is 0 Å². The maximum Gasteiger partial charge on any atom is 0.253 e. The SMILES string of the molecule is CC(C)CNC(=O)c1ccccc1NC(=O)C1CNC1. The molecule has 0 aliphatic carbocycles. The number of hydrogen-bond acceptors (Lipinski definition) is 3. The van der Waals surface area contributed by atoms with Crippen molar-refractivity contribution in [2.24, 2.45) is 11.8 Å². The summed E-state index contributed by atoms with van der Waals surface area (Å²) in [6, 6.07) is 7.09. The van der Waals surface area contributed by atoms with Crippen molar-refractivity contribution in [1.29, 1.82) is 0 Å². The van der Waals surface area contributed by atoms with E-state index in [4.69, 9.17) is 0 Å². The van der Waals surface area contributed by atoms with Crippen molar-refractivity contribution < 1.29 is 9.59 Å². The first-order valence-electron chi connectivity index (χ1n) is 6.96. The normalized spacial score (nSPS) is 14.8. The van der Waals surface area contributed by atoms with Gasteiger partial charge in [0.05, 0.1) is 17.2 Å². The molecule has 1 aliphatic rings. The Labute approximate surface area is 119 Å². The molecule has 2 amide bonds. The molecular formula is C15H21N3O2. The molecule has 108 valence electrons. The van der Waals surface area contributed by atoms with Crippen molar-refractivity contribution in [3.8, 4) is 0 Å². The topological polar surface area (TPSA) is 70.2 Å². The first-order chi connectivity index (χ1) is 9.58. The van der Waals surface area contributed by atoms with Crippen LogP contribution in [0.3, 0.4) is 0 Å². The number of rotatable bonds is 5. The van der Waals surface area contributed by atoms with Crippen molar-refractivity contribution >= 4 is 17.5 Å². The molecule has 3 N–H and O–H groups in total. The van der Waals surface area contributed by atoms with E-state index in [0.717, 1.165) is 0 Å². The molecule has 0 radical (unpaired) electrons. The number of para-hydroxylation sites is 1. The Bertz CT molecular complexity index is 496. The zero-order valence-electron chi connectivity index (χ0n) is 11.9. The van der Waals surface area contributed by atoms with Crippen LogP contribution in [0.2, 0.25) is 0 Å². The molecule has 0 atom stereocenters. The van der Waals surface area contributed by atoms with Gasteiger partial charge in [-0.25, -0.2) is 0 Å². The van der Waals surface area contributed by atoms with Gasteiger partial charge in [0, 0.05) is 19.6 Å². The van der Waals surface area contributed by atoms with E-state index in [0.29, 0.717) is 36.8 Å². The van der Waals surface area contributed by atoms with Crippen LogP contribution in [-0.4, -0.2) is 31.4 Å². The van der Waals surface area contributed by atoms with Crippen LogP contribution < -0.4 is 16.0 Å². The van der Waals surface area contributed by atoms with Crippen LogP contribution >= 0.6 is 0 Å². The molecule has 1 aromatic carbocycles. The predicted molar refractivity (Wildman–Crippen MR) is 78.6 cm³/mol. The van der Waals surface area contributed by atoms with E-state index in [1.54, 1.807) is 18.2 Å². The predicted octanol–water partition coefficient (Wildman–Crippen LogP) is 1.23. The van der Waals surface area contributed by atoms with Gasteiger partial charge in [-0.1, -0.05) is 26.0 Å². The van der Waals surface area contributed by atoms with Crippen LogP contribution in [0.15, 0.2) is 24.3 Å². The van der Waals surface area contributed by atoms with E-state index >= 15 is 0 Å². The maximum atomic E-state index is 12.1. The number of amides is 2. The number of anilines is 1. The lowest BCUT2D eigenvalue weighted by Crippen LogP contribution is -2.48. The minimum Gasteiger partial charge on any atom is -0.352 e. The molecule has 20 heavy (non-hydrogen) atoms. The van der Waals surface area contributed by atoms with Crippen molar-refractivity contribution in [2.75, 3.05) is 25.0 Å². The summed E-state index contributed by atoms with van der Waals surface area (Å²) in [5.74, 6) is 0.206. The molecule has 0 spiro atoms. The minimum atomic E-state index is -0.152. The van der Waals surface area contributed by atoms with Crippen LogP contribution in [0.25, 0.3) is 0 Å². The second kappa shape index (κ2) is 6.52. The van der Waals surface area contributed by atoms with Crippen LogP contribution in [0.4, 0.5) is 5.69 Å². The maximum absolute atomic E-state index is 12.1. The lowest BCUT2D eigenvalue weighted by Gasteiger charge is -2.26. The van der Waals surface area contributed by atoms with E-state index < -0.39 is 0 Å². The summed E-state index contributed by atoms with van der Waals surface area (Å²) >= 11 is 0. The quantitative estimate of drug-likeness (QED) is 0.757. The zero-order valence-corrected chi connectivity index (χ0v) is 11.9. The molecule has 0 bridgehead atoms. The van der Waals surface area contributed by atoms with Crippen LogP contribution in [0.1, 0.15) is 24.2 Å². The van der Waals surface area contributed by atoms with E-state index in [1.165, 1.54) is 0 Å². The van der Waals surface area contributed by atoms with Gasteiger partial charge in [-0.05, 0) is 18.1 Å². The van der Waals surface area contributed by atoms with Gasteiger partial charge in [0.25, 0.3) is 5.91 Å². The largest absolute Gasteiger partial charge is 0.352 e. The summed E-state index contributed by atoms with van der Waals surface area (Å²) < 4.78 is 0. The summed E-state index contributed by atoms with van der Waals surface area (Å²) in [5.41, 5.74) is 1.08. The monoisotopic (exact) mass is 275 g/mol. The number of benzene rings is 1. The van der Waals surface area contributed by atoms with E-state index in [-0.39, 0.29) is 17.7 Å². The molecular weight excluding hydrogens is 254 g/mol. The van der Waals surface area contributed by atoms with Gasteiger partial charge in [0.15, 0.2) is 0 Å². The van der Waals surface area contributed by atoms with Gasteiger partial charge in [0.2, 0.25) is 5.91 Å². The second-order valence-electron chi connectivity index (χ2n) is 5.49. The third-order valence-corrected chi connectivity index (χ3v) is 3.25. The lowest BCUT2D eigenvalue weighted by molar-refractivity contribution is -0.121. The van der Waals surface area contributed by atoms with Crippen molar-refractivity contribution in [3.05, 3.63) is 29.8 Å². The molecule has 1 aliphatic heterocycles. The molecule has 0 saturated carbocycles. The molecule has 1 saturated heterocycles. The summed E-state index contributed by atoms with van der Waals surface area (Å²) in [6.07, 6.45) is 0. The molecule has 5 heteroatoms. The first kappa shape index (κ1) is 14.5. The molecule has 2 rings (SSSR count). The third-order valence-electron chi connectivity index (χ3n) is 3.25. The zero-order chi connectivity index (χ0) is 14.5. The minimum absolute atomic E-state index is 0.00165. The Hall–Kier alpha value is -1.88. The molecule has 0 unspecified atom stereocenters. The molecule has 0 aromatic heterocycles. The second-order valence-corrected chi connectivity index (χ2v) is 5.49. The Kier molecular flexibility index (Phi) is 4.74. The van der Waals surface area contributed by atoms with Crippen molar-refractivity contribution in [2.45, 2.75) is 13.8 Å². The standard InChI is InChI=1S/C15H21N3O2/c1-10(2)7-17-15(20)12-5-3-4-6-13(12)18-14(19)11-8-16-9-11/h3-6,10-11,16H,7-9H2,1-2H3,(H,17,20)(H,18,19). The third kappa shape index (κ3) is 3.57. The van der Waals surface area contributed by atoms with Crippen molar-refractivity contribution in [3.63, 3.8) is 0 Å². The molecule has 1 fully saturated rings. The fraction of sp³-hybridized carbons (Fsp3) is 0.467. The highest BCUT2D eigenvalue weighted by molar-refractivity contribution is 6.04. The Morgan fingerprint density at radius 1 is 1.30 bits per heavy atom. The van der Waals surface area contributed by atoms with Crippen LogP contribution in [0.5, 0.6) is 0 Å². The van der Waals surface area contributed by atoms with Gasteiger partial charge in [0.1, 0.15) is 0 Å². The number of hydrogen-bond donors (Lipinski definition) is 3. The van der Waals surface area contributed by atoms with Gasteiger partial charge < -0.3 is 16.0 Å². The Morgan fingerprint density at radius 3 is 2.60 bits per heavy atom. The highest BCUT2D eigenvalue weighted by Crippen LogP contribution is 2.17. The van der Waals surface area contributed by atoms with Crippen LogP contribution in [-0.2, 0) is 4.79 Å². The smallest absolute Gasteiger partial charge is 0.253 e. The molecule has 5 nitrogen and oxygen atoms in total. The molecule has 1 heterocycles. The summed E-state index contributed by atoms with van der Waals surface area (Å²) in [5, 5.41) is 8.77. The summed E-state index contributed by atoms with van der Waals surface area (Å²) in [6.45, 7) is 6.10. The van der Waals surface area contributed by atoms with Crippen LogP contribution in [0, 0.1) is 11.8 Å².